The number of ether oxygens (including phenoxy) is 2. The lowest BCUT2D eigenvalue weighted by Gasteiger charge is -2.17. The van der Waals surface area contributed by atoms with Crippen LogP contribution in [0.15, 0.2) is 0 Å². The Balaban J connectivity index is 2.24. The van der Waals surface area contributed by atoms with E-state index in [9.17, 15) is 4.79 Å². The zero-order valence-electron chi connectivity index (χ0n) is 10.7. The minimum Gasteiger partial charge on any atom is -0.351 e. The molecule has 0 radical (unpaired) electrons. The summed E-state index contributed by atoms with van der Waals surface area (Å²) in [5.74, 6) is 0.283. The standard InChI is InChI=1S/C12H23NO3/c1-5-15-10(16-6-2)8-13-11(14)9-7-12(9,3)4/h9-10H,5-8H2,1-4H3,(H,13,14). The van der Waals surface area contributed by atoms with Gasteiger partial charge in [0.1, 0.15) is 0 Å². The molecule has 0 aromatic rings. The number of hydrogen-bond acceptors (Lipinski definition) is 3. The van der Waals surface area contributed by atoms with E-state index in [1.807, 2.05) is 13.8 Å². The average molecular weight is 229 g/mol. The van der Waals surface area contributed by atoms with Crippen LogP contribution in [0.3, 0.4) is 0 Å². The highest BCUT2D eigenvalue weighted by Gasteiger charge is 2.50. The van der Waals surface area contributed by atoms with E-state index in [0.29, 0.717) is 19.8 Å². The molecular weight excluding hydrogens is 206 g/mol. The minimum absolute atomic E-state index is 0.120. The van der Waals surface area contributed by atoms with Gasteiger partial charge in [0.15, 0.2) is 6.29 Å². The largest absolute Gasteiger partial charge is 0.351 e. The van der Waals surface area contributed by atoms with Crippen LogP contribution >= 0.6 is 0 Å². The van der Waals surface area contributed by atoms with E-state index < -0.39 is 0 Å². The molecule has 1 aliphatic carbocycles. The third-order valence-electron chi connectivity index (χ3n) is 2.98. The van der Waals surface area contributed by atoms with E-state index in [1.54, 1.807) is 0 Å². The fraction of sp³-hybridized carbons (Fsp3) is 0.917. The fourth-order valence-electron chi connectivity index (χ4n) is 1.76. The summed E-state index contributed by atoms with van der Waals surface area (Å²) < 4.78 is 10.7. The van der Waals surface area contributed by atoms with Gasteiger partial charge >= 0.3 is 0 Å². The maximum absolute atomic E-state index is 11.7. The lowest BCUT2D eigenvalue weighted by atomic mass is 10.1. The topological polar surface area (TPSA) is 47.6 Å². The molecule has 1 amide bonds. The Morgan fingerprint density at radius 2 is 1.88 bits per heavy atom. The predicted octanol–water partition coefficient (Wildman–Crippen LogP) is 1.55. The Morgan fingerprint density at radius 1 is 1.38 bits per heavy atom. The SMILES string of the molecule is CCOC(CNC(=O)C1CC1(C)C)OCC. The van der Waals surface area contributed by atoms with Crippen molar-refractivity contribution in [2.75, 3.05) is 19.8 Å². The van der Waals surface area contributed by atoms with Gasteiger partial charge in [-0.25, -0.2) is 0 Å². The molecule has 1 saturated carbocycles. The molecule has 1 aliphatic rings. The average Bonchev–Trinajstić information content (AvgIpc) is 2.85. The van der Waals surface area contributed by atoms with Gasteiger partial charge in [-0.05, 0) is 25.7 Å². The van der Waals surface area contributed by atoms with Crippen molar-refractivity contribution in [1.82, 2.24) is 5.32 Å². The Hall–Kier alpha value is -0.610. The number of hydrogen-bond donors (Lipinski definition) is 1. The quantitative estimate of drug-likeness (QED) is 0.674. The molecule has 1 fully saturated rings. The van der Waals surface area contributed by atoms with Crippen molar-refractivity contribution < 1.29 is 14.3 Å². The Morgan fingerprint density at radius 3 is 2.25 bits per heavy atom. The second kappa shape index (κ2) is 5.64. The smallest absolute Gasteiger partial charge is 0.223 e. The molecule has 1 rings (SSSR count). The van der Waals surface area contributed by atoms with E-state index in [0.717, 1.165) is 6.42 Å². The van der Waals surface area contributed by atoms with Crippen molar-refractivity contribution in [1.29, 1.82) is 0 Å². The highest BCUT2D eigenvalue weighted by Crippen LogP contribution is 2.51. The first-order valence-corrected chi connectivity index (χ1v) is 6.02. The molecule has 0 aromatic carbocycles. The predicted molar refractivity (Wildman–Crippen MR) is 61.9 cm³/mol. The van der Waals surface area contributed by atoms with Gasteiger partial charge in [0, 0.05) is 19.1 Å². The number of carbonyl (C=O) groups is 1. The van der Waals surface area contributed by atoms with Crippen LogP contribution < -0.4 is 5.32 Å². The van der Waals surface area contributed by atoms with E-state index >= 15 is 0 Å². The number of nitrogens with one attached hydrogen (secondary N) is 1. The summed E-state index contributed by atoms with van der Waals surface area (Å²) in [5, 5.41) is 2.88. The van der Waals surface area contributed by atoms with Crippen LogP contribution in [-0.4, -0.2) is 32.0 Å². The van der Waals surface area contributed by atoms with Crippen LogP contribution in [0.25, 0.3) is 0 Å². The van der Waals surface area contributed by atoms with Crippen molar-refractivity contribution in [3.05, 3.63) is 0 Å². The molecule has 1 unspecified atom stereocenters. The zero-order valence-corrected chi connectivity index (χ0v) is 10.7. The van der Waals surface area contributed by atoms with Crippen molar-refractivity contribution in [3.63, 3.8) is 0 Å². The molecule has 4 nitrogen and oxygen atoms in total. The third-order valence-corrected chi connectivity index (χ3v) is 2.98. The molecule has 16 heavy (non-hydrogen) atoms. The summed E-state index contributed by atoms with van der Waals surface area (Å²) in [6.45, 7) is 9.67. The zero-order chi connectivity index (χ0) is 12.2. The number of carbonyl (C=O) groups excluding carboxylic acids is 1. The van der Waals surface area contributed by atoms with Crippen LogP contribution in [0.4, 0.5) is 0 Å². The van der Waals surface area contributed by atoms with Gasteiger partial charge < -0.3 is 14.8 Å². The molecule has 0 bridgehead atoms. The minimum atomic E-state index is -0.319. The molecule has 0 saturated heterocycles. The molecular formula is C12H23NO3. The summed E-state index contributed by atoms with van der Waals surface area (Å²) in [6.07, 6.45) is 0.660. The van der Waals surface area contributed by atoms with Gasteiger partial charge in [0.2, 0.25) is 5.91 Å². The van der Waals surface area contributed by atoms with Crippen LogP contribution in [-0.2, 0) is 14.3 Å². The second-order valence-corrected chi connectivity index (χ2v) is 4.83. The van der Waals surface area contributed by atoms with Crippen molar-refractivity contribution in [2.45, 2.75) is 40.4 Å². The molecule has 94 valence electrons. The van der Waals surface area contributed by atoms with Gasteiger partial charge in [0.05, 0.1) is 6.54 Å². The summed E-state index contributed by atoms with van der Waals surface area (Å²) in [7, 11) is 0. The van der Waals surface area contributed by atoms with E-state index in [2.05, 4.69) is 19.2 Å². The van der Waals surface area contributed by atoms with Gasteiger partial charge in [-0.1, -0.05) is 13.8 Å². The van der Waals surface area contributed by atoms with Crippen LogP contribution in [0.2, 0.25) is 0 Å². The van der Waals surface area contributed by atoms with Gasteiger partial charge in [0.25, 0.3) is 0 Å². The van der Waals surface area contributed by atoms with Crippen molar-refractivity contribution in [2.24, 2.45) is 11.3 Å². The van der Waals surface area contributed by atoms with Gasteiger partial charge in [-0.2, -0.15) is 0 Å². The first-order chi connectivity index (χ1) is 7.51. The van der Waals surface area contributed by atoms with Gasteiger partial charge in [-0.3, -0.25) is 4.79 Å². The second-order valence-electron chi connectivity index (χ2n) is 4.83. The molecule has 4 heteroatoms. The molecule has 0 heterocycles. The highest BCUT2D eigenvalue weighted by atomic mass is 16.7. The normalized spacial score (nSPS) is 22.2. The summed E-state index contributed by atoms with van der Waals surface area (Å²) >= 11 is 0. The van der Waals surface area contributed by atoms with E-state index in [1.165, 1.54) is 0 Å². The van der Waals surface area contributed by atoms with E-state index in [-0.39, 0.29) is 23.5 Å². The highest BCUT2D eigenvalue weighted by molar-refractivity contribution is 5.82. The fourth-order valence-corrected chi connectivity index (χ4v) is 1.76. The maximum Gasteiger partial charge on any atom is 0.223 e. The van der Waals surface area contributed by atoms with E-state index in [4.69, 9.17) is 9.47 Å². The van der Waals surface area contributed by atoms with Crippen LogP contribution in [0.1, 0.15) is 34.1 Å². The Kier molecular flexibility index (Phi) is 4.74. The van der Waals surface area contributed by atoms with Crippen LogP contribution in [0, 0.1) is 11.3 Å². The molecule has 1 atom stereocenters. The Bertz CT molecular complexity index is 234. The number of amides is 1. The molecule has 0 spiro atoms. The molecule has 0 aromatic heterocycles. The Labute approximate surface area is 97.7 Å². The summed E-state index contributed by atoms with van der Waals surface area (Å²) in [6, 6.07) is 0. The lowest BCUT2D eigenvalue weighted by Crippen LogP contribution is -2.36. The number of rotatable bonds is 7. The monoisotopic (exact) mass is 229 g/mol. The van der Waals surface area contributed by atoms with Gasteiger partial charge in [-0.15, -0.1) is 0 Å². The molecule has 1 N–H and O–H groups in total. The van der Waals surface area contributed by atoms with Crippen molar-refractivity contribution >= 4 is 5.91 Å². The lowest BCUT2D eigenvalue weighted by molar-refractivity contribution is -0.141. The third kappa shape index (κ3) is 3.76. The first kappa shape index (κ1) is 13.5. The maximum atomic E-state index is 11.7. The first-order valence-electron chi connectivity index (χ1n) is 6.02. The summed E-state index contributed by atoms with van der Waals surface area (Å²) in [4.78, 5) is 11.7. The molecule has 0 aliphatic heterocycles. The van der Waals surface area contributed by atoms with Crippen molar-refractivity contribution in [3.8, 4) is 0 Å². The summed E-state index contributed by atoms with van der Waals surface area (Å²) in [5.41, 5.74) is 0.177. The van der Waals surface area contributed by atoms with Crippen LogP contribution in [0.5, 0.6) is 0 Å².